The fourth-order valence-corrected chi connectivity index (χ4v) is 3.66. The van der Waals surface area contributed by atoms with Crippen LogP contribution >= 0.6 is 0 Å². The van der Waals surface area contributed by atoms with Gasteiger partial charge in [0, 0.05) is 5.56 Å². The number of allylic oxidation sites excluding steroid dienone is 3. The van der Waals surface area contributed by atoms with Crippen molar-refractivity contribution < 1.29 is 14.6 Å². The van der Waals surface area contributed by atoms with E-state index in [1.807, 2.05) is 12.1 Å². The first kappa shape index (κ1) is 15.9. The van der Waals surface area contributed by atoms with E-state index >= 15 is 0 Å². The normalized spacial score (nSPS) is 18.7. The van der Waals surface area contributed by atoms with Gasteiger partial charge in [-0.2, -0.15) is 0 Å². The average Bonchev–Trinajstić information content (AvgIpc) is 2.46. The van der Waals surface area contributed by atoms with Crippen LogP contribution in [0.3, 0.4) is 0 Å². The van der Waals surface area contributed by atoms with Crippen LogP contribution in [0.5, 0.6) is 5.75 Å². The van der Waals surface area contributed by atoms with Crippen molar-refractivity contribution in [2.45, 2.75) is 59.0 Å². The van der Waals surface area contributed by atoms with E-state index in [2.05, 4.69) is 33.8 Å². The van der Waals surface area contributed by atoms with Crippen molar-refractivity contribution in [2.24, 2.45) is 0 Å². The lowest BCUT2D eigenvalue weighted by atomic mass is 9.78. The quantitative estimate of drug-likeness (QED) is 0.854. The summed E-state index contributed by atoms with van der Waals surface area (Å²) in [7, 11) is 0. The first-order valence-corrected chi connectivity index (χ1v) is 8.34. The molecule has 1 aliphatic carbocycles. The third kappa shape index (κ3) is 2.69. The summed E-state index contributed by atoms with van der Waals surface area (Å²) in [6.45, 7) is 8.40. The van der Waals surface area contributed by atoms with Gasteiger partial charge < -0.3 is 9.84 Å². The van der Waals surface area contributed by atoms with Crippen LogP contribution in [-0.4, -0.2) is 16.7 Å². The summed E-state index contributed by atoms with van der Waals surface area (Å²) in [5.41, 5.74) is 5.61. The van der Waals surface area contributed by atoms with Gasteiger partial charge in [-0.05, 0) is 68.9 Å². The summed E-state index contributed by atoms with van der Waals surface area (Å²) in [4.78, 5) is 11.7. The molecule has 3 nitrogen and oxygen atoms in total. The number of aryl methyl sites for hydroxylation is 1. The summed E-state index contributed by atoms with van der Waals surface area (Å²) < 4.78 is 6.27. The molecule has 0 aromatic heterocycles. The number of carbonyl (C=O) groups is 1. The molecule has 0 unspecified atom stereocenters. The highest BCUT2D eigenvalue weighted by Gasteiger charge is 2.36. The molecule has 0 amide bonds. The second-order valence-electron chi connectivity index (χ2n) is 7.06. The summed E-state index contributed by atoms with van der Waals surface area (Å²) >= 11 is 0. The van der Waals surface area contributed by atoms with Gasteiger partial charge in [-0.1, -0.05) is 25.0 Å². The second-order valence-corrected chi connectivity index (χ2v) is 7.06. The Hall–Kier alpha value is -2.03. The summed E-state index contributed by atoms with van der Waals surface area (Å²) in [6.07, 6.45) is 5.88. The van der Waals surface area contributed by atoms with Gasteiger partial charge in [0.15, 0.2) is 0 Å². The number of carboxylic acids is 1. The third-order valence-electron chi connectivity index (χ3n) is 4.82. The van der Waals surface area contributed by atoms with Gasteiger partial charge in [0.05, 0.1) is 5.56 Å². The second kappa shape index (κ2) is 5.55. The maximum atomic E-state index is 11.7. The van der Waals surface area contributed by atoms with E-state index in [-0.39, 0.29) is 5.60 Å². The SMILES string of the molecule is CCCc1cc2c(cc1C(=O)O)C1=C(CCC(C)=C1)C(C)(C)O2. The largest absolute Gasteiger partial charge is 0.483 e. The molecule has 1 aromatic carbocycles. The van der Waals surface area contributed by atoms with Crippen molar-refractivity contribution in [2.75, 3.05) is 0 Å². The van der Waals surface area contributed by atoms with Gasteiger partial charge in [-0.25, -0.2) is 4.79 Å². The molecule has 0 bridgehead atoms. The van der Waals surface area contributed by atoms with E-state index in [1.54, 1.807) is 0 Å². The van der Waals surface area contributed by atoms with E-state index in [1.165, 1.54) is 11.1 Å². The van der Waals surface area contributed by atoms with Crippen molar-refractivity contribution in [3.8, 4) is 5.75 Å². The Labute approximate surface area is 137 Å². The van der Waals surface area contributed by atoms with Gasteiger partial charge in [-0.15, -0.1) is 0 Å². The lowest BCUT2D eigenvalue weighted by Crippen LogP contribution is -2.35. The molecule has 23 heavy (non-hydrogen) atoms. The molecule has 0 spiro atoms. The predicted molar refractivity (Wildman–Crippen MR) is 92.0 cm³/mol. The fourth-order valence-electron chi connectivity index (χ4n) is 3.66. The van der Waals surface area contributed by atoms with Gasteiger partial charge in [0.1, 0.15) is 11.4 Å². The molecule has 1 aliphatic heterocycles. The Bertz CT molecular complexity index is 735. The average molecular weight is 312 g/mol. The molecule has 1 aromatic rings. The van der Waals surface area contributed by atoms with Crippen LogP contribution in [0.2, 0.25) is 0 Å². The maximum Gasteiger partial charge on any atom is 0.335 e. The molecule has 0 atom stereocenters. The molecular formula is C20H24O3. The number of aromatic carboxylic acids is 1. The van der Waals surface area contributed by atoms with Crippen molar-refractivity contribution in [1.29, 1.82) is 0 Å². The topological polar surface area (TPSA) is 46.5 Å². The van der Waals surface area contributed by atoms with Crippen molar-refractivity contribution >= 4 is 11.5 Å². The molecule has 0 saturated carbocycles. The number of rotatable bonds is 3. The van der Waals surface area contributed by atoms with E-state index in [4.69, 9.17) is 4.74 Å². The maximum absolute atomic E-state index is 11.7. The molecule has 3 rings (SSSR count). The number of hydrogen-bond acceptors (Lipinski definition) is 2. The highest BCUT2D eigenvalue weighted by Crippen LogP contribution is 2.46. The number of ether oxygens (including phenoxy) is 1. The van der Waals surface area contributed by atoms with Gasteiger partial charge in [-0.3, -0.25) is 0 Å². The monoisotopic (exact) mass is 312 g/mol. The van der Waals surface area contributed by atoms with Crippen LogP contribution < -0.4 is 4.74 Å². The van der Waals surface area contributed by atoms with Gasteiger partial charge in [0.2, 0.25) is 0 Å². The third-order valence-corrected chi connectivity index (χ3v) is 4.82. The summed E-state index contributed by atoms with van der Waals surface area (Å²) in [6, 6.07) is 3.74. The molecule has 0 radical (unpaired) electrons. The first-order chi connectivity index (χ1) is 10.8. The zero-order chi connectivity index (χ0) is 16.8. The number of hydrogen-bond donors (Lipinski definition) is 1. The minimum absolute atomic E-state index is 0.340. The highest BCUT2D eigenvalue weighted by atomic mass is 16.5. The van der Waals surface area contributed by atoms with Crippen LogP contribution in [0.4, 0.5) is 0 Å². The van der Waals surface area contributed by atoms with Crippen LogP contribution in [-0.2, 0) is 6.42 Å². The van der Waals surface area contributed by atoms with E-state index in [0.717, 1.165) is 48.1 Å². The van der Waals surface area contributed by atoms with Crippen molar-refractivity contribution in [1.82, 2.24) is 0 Å². The smallest absolute Gasteiger partial charge is 0.335 e. The zero-order valence-corrected chi connectivity index (χ0v) is 14.3. The van der Waals surface area contributed by atoms with Crippen molar-refractivity contribution in [3.63, 3.8) is 0 Å². The molecule has 1 N–H and O–H groups in total. The first-order valence-electron chi connectivity index (χ1n) is 8.34. The Balaban J connectivity index is 2.24. The van der Waals surface area contributed by atoms with Crippen LogP contribution in [0.25, 0.3) is 5.57 Å². The molecule has 0 fully saturated rings. The summed E-state index contributed by atoms with van der Waals surface area (Å²) in [5, 5.41) is 9.57. The minimum atomic E-state index is -0.861. The Morgan fingerprint density at radius 3 is 2.70 bits per heavy atom. The van der Waals surface area contributed by atoms with Gasteiger partial charge >= 0.3 is 5.97 Å². The molecule has 2 aliphatic rings. The van der Waals surface area contributed by atoms with Crippen LogP contribution in [0.15, 0.2) is 29.4 Å². The van der Waals surface area contributed by atoms with Gasteiger partial charge in [0.25, 0.3) is 0 Å². The van der Waals surface area contributed by atoms with Crippen molar-refractivity contribution in [3.05, 3.63) is 46.0 Å². The highest BCUT2D eigenvalue weighted by molar-refractivity contribution is 5.93. The fraction of sp³-hybridized carbons (Fsp3) is 0.450. The molecule has 122 valence electrons. The zero-order valence-electron chi connectivity index (χ0n) is 14.3. The van der Waals surface area contributed by atoms with Crippen LogP contribution in [0.1, 0.15) is 68.4 Å². The predicted octanol–water partition coefficient (Wildman–Crippen LogP) is 5.00. The Morgan fingerprint density at radius 1 is 1.30 bits per heavy atom. The number of carboxylic acid groups (broad SMARTS) is 1. The molecular weight excluding hydrogens is 288 g/mol. The number of fused-ring (bicyclic) bond motifs is 2. The standard InChI is InChI=1S/C20H24O3/c1-5-6-13-10-18-16(11-14(13)19(21)22)15-9-12(2)7-8-17(15)20(3,4)23-18/h9-11H,5-8H2,1-4H3,(H,21,22). The molecule has 3 heteroatoms. The van der Waals surface area contributed by atoms with E-state index in [9.17, 15) is 9.90 Å². The molecule has 0 saturated heterocycles. The lowest BCUT2D eigenvalue weighted by molar-refractivity contribution is 0.0695. The Kier molecular flexibility index (Phi) is 3.83. The van der Waals surface area contributed by atoms with E-state index in [0.29, 0.717) is 5.56 Å². The number of benzene rings is 1. The summed E-state index contributed by atoms with van der Waals surface area (Å²) in [5.74, 6) is -0.0482. The van der Waals surface area contributed by atoms with Crippen LogP contribution in [0, 0.1) is 0 Å². The molecule has 1 heterocycles. The van der Waals surface area contributed by atoms with E-state index < -0.39 is 5.97 Å². The Morgan fingerprint density at radius 2 is 2.04 bits per heavy atom. The lowest BCUT2D eigenvalue weighted by Gasteiger charge is -2.39. The minimum Gasteiger partial charge on any atom is -0.483 e.